The second-order valence-corrected chi connectivity index (χ2v) is 10.7. The second-order valence-electron chi connectivity index (χ2n) is 7.47. The summed E-state index contributed by atoms with van der Waals surface area (Å²) in [6.07, 6.45) is 5.19. The van der Waals surface area contributed by atoms with Crippen LogP contribution in [-0.4, -0.2) is 27.1 Å². The maximum Gasteiger partial charge on any atom is 0.404 e. The molecule has 0 bridgehead atoms. The first-order valence-electron chi connectivity index (χ1n) is 8.94. The molecule has 2 N–H and O–H groups in total. The van der Waals surface area contributed by atoms with Gasteiger partial charge >= 0.3 is 6.09 Å². The SMILES string of the molecule is CSc1ccc(Sc2sc(COC(N)=O)nc2C(C)(C)C)cc1-c1cnn(C)c1. The van der Waals surface area contributed by atoms with Gasteiger partial charge in [0.15, 0.2) is 0 Å². The predicted molar refractivity (Wildman–Crippen MR) is 120 cm³/mol. The largest absolute Gasteiger partial charge is 0.442 e. The topological polar surface area (TPSA) is 83.0 Å². The summed E-state index contributed by atoms with van der Waals surface area (Å²) in [5.41, 5.74) is 8.21. The molecular formula is C20H24N4O2S3. The number of hydrogen-bond donors (Lipinski definition) is 1. The van der Waals surface area contributed by atoms with E-state index < -0.39 is 6.09 Å². The molecule has 6 nitrogen and oxygen atoms in total. The molecule has 9 heteroatoms. The average Bonchev–Trinajstić information content (AvgIpc) is 3.26. The van der Waals surface area contributed by atoms with Gasteiger partial charge in [-0.3, -0.25) is 4.68 Å². The van der Waals surface area contributed by atoms with Crippen LogP contribution in [0.15, 0.2) is 44.6 Å². The number of primary amides is 1. The zero-order valence-electron chi connectivity index (χ0n) is 17.1. The van der Waals surface area contributed by atoms with E-state index in [9.17, 15) is 4.79 Å². The first-order chi connectivity index (χ1) is 13.7. The molecule has 3 rings (SSSR count). The Balaban J connectivity index is 1.95. The van der Waals surface area contributed by atoms with Crippen LogP contribution in [0.4, 0.5) is 4.79 Å². The number of amides is 1. The number of nitrogens with zero attached hydrogens (tertiary/aromatic N) is 3. The quantitative estimate of drug-likeness (QED) is 0.515. The van der Waals surface area contributed by atoms with Gasteiger partial charge in [-0.05, 0) is 30.0 Å². The highest BCUT2D eigenvalue weighted by Crippen LogP contribution is 2.42. The Kier molecular flexibility index (Phi) is 6.60. The zero-order chi connectivity index (χ0) is 21.2. The fraction of sp³-hybridized carbons (Fsp3) is 0.350. The Morgan fingerprint density at radius 2 is 2.10 bits per heavy atom. The minimum absolute atomic E-state index is 0.0932. The van der Waals surface area contributed by atoms with Crippen molar-refractivity contribution in [3.63, 3.8) is 0 Å². The van der Waals surface area contributed by atoms with Gasteiger partial charge in [0.1, 0.15) is 11.6 Å². The Morgan fingerprint density at radius 1 is 1.34 bits per heavy atom. The minimum Gasteiger partial charge on any atom is -0.442 e. The van der Waals surface area contributed by atoms with Crippen LogP contribution in [0.3, 0.4) is 0 Å². The van der Waals surface area contributed by atoms with Crippen molar-refractivity contribution in [2.24, 2.45) is 12.8 Å². The summed E-state index contributed by atoms with van der Waals surface area (Å²) in [4.78, 5) is 18.0. The fourth-order valence-corrected chi connectivity index (χ4v) is 5.97. The monoisotopic (exact) mass is 448 g/mol. The molecule has 0 aliphatic heterocycles. The number of thioether (sulfide) groups is 1. The number of aryl methyl sites for hydroxylation is 1. The van der Waals surface area contributed by atoms with E-state index in [1.165, 1.54) is 16.2 Å². The number of benzene rings is 1. The van der Waals surface area contributed by atoms with E-state index in [1.807, 2.05) is 24.1 Å². The van der Waals surface area contributed by atoms with Crippen molar-refractivity contribution in [2.75, 3.05) is 6.26 Å². The van der Waals surface area contributed by atoms with Crippen molar-refractivity contribution in [1.82, 2.24) is 14.8 Å². The van der Waals surface area contributed by atoms with Gasteiger partial charge in [-0.1, -0.05) is 32.5 Å². The van der Waals surface area contributed by atoms with Gasteiger partial charge < -0.3 is 10.5 Å². The van der Waals surface area contributed by atoms with Crippen molar-refractivity contribution in [1.29, 1.82) is 0 Å². The molecule has 154 valence electrons. The maximum atomic E-state index is 10.9. The van der Waals surface area contributed by atoms with Gasteiger partial charge in [-0.15, -0.1) is 23.1 Å². The summed E-state index contributed by atoms with van der Waals surface area (Å²) < 4.78 is 7.84. The van der Waals surface area contributed by atoms with E-state index in [0.717, 1.165) is 30.9 Å². The molecule has 2 aromatic heterocycles. The lowest BCUT2D eigenvalue weighted by molar-refractivity contribution is 0.150. The van der Waals surface area contributed by atoms with E-state index >= 15 is 0 Å². The van der Waals surface area contributed by atoms with Crippen LogP contribution >= 0.6 is 34.9 Å². The molecule has 1 aromatic carbocycles. The highest BCUT2D eigenvalue weighted by molar-refractivity contribution is 8.01. The molecular weight excluding hydrogens is 424 g/mol. The lowest BCUT2D eigenvalue weighted by Gasteiger charge is -2.17. The highest BCUT2D eigenvalue weighted by Gasteiger charge is 2.24. The van der Waals surface area contributed by atoms with Gasteiger partial charge in [0, 0.05) is 34.0 Å². The Morgan fingerprint density at radius 3 is 2.69 bits per heavy atom. The molecule has 0 atom stereocenters. The number of nitrogens with two attached hydrogens (primary N) is 1. The zero-order valence-corrected chi connectivity index (χ0v) is 19.5. The molecule has 1 amide bonds. The number of aromatic nitrogens is 3. The first kappa shape index (κ1) is 21.7. The standard InChI is InChI=1S/C20H24N4O2S3/c1-20(2,3)17-18(29-16(23-17)11-26-19(21)25)28-13-6-7-15(27-5)14(8-13)12-9-22-24(4)10-12/h6-10H,11H2,1-5H3,(H2,21,25). The summed E-state index contributed by atoms with van der Waals surface area (Å²) in [6.45, 7) is 6.48. The molecule has 0 aliphatic rings. The van der Waals surface area contributed by atoms with Crippen molar-refractivity contribution in [3.8, 4) is 11.1 Å². The van der Waals surface area contributed by atoms with Crippen LogP contribution in [0.1, 0.15) is 31.5 Å². The van der Waals surface area contributed by atoms with Gasteiger partial charge in [0.05, 0.1) is 16.1 Å². The van der Waals surface area contributed by atoms with Gasteiger partial charge in [0.2, 0.25) is 0 Å². The summed E-state index contributed by atoms with van der Waals surface area (Å²) in [7, 11) is 1.92. The van der Waals surface area contributed by atoms with E-state index in [-0.39, 0.29) is 12.0 Å². The van der Waals surface area contributed by atoms with E-state index in [1.54, 1.807) is 23.5 Å². The van der Waals surface area contributed by atoms with E-state index in [2.05, 4.69) is 50.3 Å². The fourth-order valence-electron chi connectivity index (χ4n) is 2.73. The summed E-state index contributed by atoms with van der Waals surface area (Å²) in [5.74, 6) is 0. The molecule has 0 aliphatic carbocycles. The molecule has 0 radical (unpaired) electrons. The summed E-state index contributed by atoms with van der Waals surface area (Å²) in [6, 6.07) is 6.46. The third kappa shape index (κ3) is 5.34. The number of rotatable bonds is 6. The van der Waals surface area contributed by atoms with Crippen LogP contribution in [0, 0.1) is 0 Å². The van der Waals surface area contributed by atoms with Crippen molar-refractivity contribution >= 4 is 41.0 Å². The predicted octanol–water partition coefficient (Wildman–Crippen LogP) is 5.31. The number of carbonyl (C=O) groups excluding carboxylic acids is 1. The van der Waals surface area contributed by atoms with Crippen LogP contribution in [0.5, 0.6) is 0 Å². The molecule has 0 unspecified atom stereocenters. The Hall–Kier alpha value is -1.97. The maximum absolute atomic E-state index is 10.9. The molecule has 2 heterocycles. The van der Waals surface area contributed by atoms with Crippen molar-refractivity contribution < 1.29 is 9.53 Å². The van der Waals surface area contributed by atoms with Crippen molar-refractivity contribution in [2.45, 2.75) is 46.8 Å². The number of ether oxygens (including phenoxy) is 1. The van der Waals surface area contributed by atoms with Crippen LogP contribution in [0.25, 0.3) is 11.1 Å². The second kappa shape index (κ2) is 8.81. The molecule has 0 spiro atoms. The first-order valence-corrected chi connectivity index (χ1v) is 11.8. The Bertz CT molecular complexity index is 1020. The lowest BCUT2D eigenvalue weighted by atomic mass is 9.93. The molecule has 0 fully saturated rings. The van der Waals surface area contributed by atoms with E-state index in [0.29, 0.717) is 0 Å². The van der Waals surface area contributed by atoms with Crippen LogP contribution in [-0.2, 0) is 23.8 Å². The minimum atomic E-state index is -0.791. The van der Waals surface area contributed by atoms with Gasteiger partial charge in [-0.2, -0.15) is 5.10 Å². The van der Waals surface area contributed by atoms with E-state index in [4.69, 9.17) is 15.5 Å². The summed E-state index contributed by atoms with van der Waals surface area (Å²) >= 11 is 4.93. The third-order valence-corrected chi connectivity index (χ3v) is 7.07. The number of hydrogen-bond acceptors (Lipinski definition) is 7. The molecule has 0 saturated heterocycles. The summed E-state index contributed by atoms with van der Waals surface area (Å²) in [5, 5.41) is 5.05. The molecule has 3 aromatic rings. The van der Waals surface area contributed by atoms with Crippen LogP contribution in [0.2, 0.25) is 0 Å². The third-order valence-electron chi connectivity index (χ3n) is 4.09. The smallest absolute Gasteiger partial charge is 0.404 e. The number of carbonyl (C=O) groups is 1. The molecule has 29 heavy (non-hydrogen) atoms. The molecule has 0 saturated carbocycles. The highest BCUT2D eigenvalue weighted by atomic mass is 32.2. The Labute approximate surface area is 183 Å². The van der Waals surface area contributed by atoms with Gasteiger partial charge in [0.25, 0.3) is 0 Å². The normalized spacial score (nSPS) is 11.6. The average molecular weight is 449 g/mol. The van der Waals surface area contributed by atoms with Crippen LogP contribution < -0.4 is 5.73 Å². The number of thiazole rings is 1. The van der Waals surface area contributed by atoms with Gasteiger partial charge in [-0.25, -0.2) is 9.78 Å². The lowest BCUT2D eigenvalue weighted by Crippen LogP contribution is -2.14. The van der Waals surface area contributed by atoms with Crippen molar-refractivity contribution in [3.05, 3.63) is 41.3 Å².